The summed E-state index contributed by atoms with van der Waals surface area (Å²) >= 11 is 0. The second kappa shape index (κ2) is 6.29. The van der Waals surface area contributed by atoms with E-state index >= 15 is 0 Å². The van der Waals surface area contributed by atoms with Crippen molar-refractivity contribution >= 4 is 5.91 Å². The minimum Gasteiger partial charge on any atom is -0.368 e. The van der Waals surface area contributed by atoms with Gasteiger partial charge in [0, 0.05) is 24.8 Å². The van der Waals surface area contributed by atoms with E-state index in [1.54, 1.807) is 23.0 Å². The summed E-state index contributed by atoms with van der Waals surface area (Å²) in [5.41, 5.74) is 6.99. The fraction of sp³-hybridized carbons (Fsp3) is 0.286. The lowest BCUT2D eigenvalue weighted by atomic mass is 10.1. The molecule has 0 aliphatic carbocycles. The number of benzene rings is 1. The molecule has 0 aliphatic heterocycles. The van der Waals surface area contributed by atoms with E-state index in [1.807, 2.05) is 13.1 Å². The predicted molar refractivity (Wildman–Crippen MR) is 73.1 cm³/mol. The lowest BCUT2D eigenvalue weighted by Gasteiger charge is -2.15. The molecule has 20 heavy (non-hydrogen) atoms. The molecule has 1 amide bonds. The number of nitrogens with zero attached hydrogens (tertiary/aromatic N) is 2. The molecule has 0 saturated carbocycles. The molecule has 6 heteroatoms. The zero-order valence-electron chi connectivity index (χ0n) is 11.2. The van der Waals surface area contributed by atoms with Crippen molar-refractivity contribution in [3.63, 3.8) is 0 Å². The molecule has 0 spiro atoms. The number of amides is 1. The maximum absolute atomic E-state index is 12.9. The SMILES string of the molecule is CCn1cc(CN[C@H](C(N)=O)c2ccc(F)cc2)cn1. The van der Waals surface area contributed by atoms with Gasteiger partial charge in [-0.1, -0.05) is 12.1 Å². The molecular formula is C14H17FN4O. The Morgan fingerprint density at radius 1 is 1.45 bits per heavy atom. The Morgan fingerprint density at radius 3 is 2.70 bits per heavy atom. The van der Waals surface area contributed by atoms with E-state index in [-0.39, 0.29) is 5.82 Å². The molecule has 0 radical (unpaired) electrons. The molecular weight excluding hydrogens is 259 g/mol. The molecule has 1 atom stereocenters. The van der Waals surface area contributed by atoms with E-state index in [0.717, 1.165) is 12.1 Å². The first-order chi connectivity index (χ1) is 9.60. The molecule has 0 bridgehead atoms. The summed E-state index contributed by atoms with van der Waals surface area (Å²) < 4.78 is 14.7. The van der Waals surface area contributed by atoms with Gasteiger partial charge >= 0.3 is 0 Å². The van der Waals surface area contributed by atoms with Crippen LogP contribution in [-0.2, 0) is 17.9 Å². The zero-order chi connectivity index (χ0) is 14.5. The van der Waals surface area contributed by atoms with Crippen molar-refractivity contribution in [1.82, 2.24) is 15.1 Å². The van der Waals surface area contributed by atoms with Gasteiger partial charge in [0.15, 0.2) is 0 Å². The molecule has 5 nitrogen and oxygen atoms in total. The average molecular weight is 276 g/mol. The van der Waals surface area contributed by atoms with E-state index in [0.29, 0.717) is 12.1 Å². The number of aryl methyl sites for hydroxylation is 1. The van der Waals surface area contributed by atoms with Crippen molar-refractivity contribution in [2.75, 3.05) is 0 Å². The number of carbonyl (C=O) groups excluding carboxylic acids is 1. The van der Waals surface area contributed by atoms with Gasteiger partial charge in [0.1, 0.15) is 11.9 Å². The summed E-state index contributed by atoms with van der Waals surface area (Å²) in [6.45, 7) is 3.25. The van der Waals surface area contributed by atoms with Gasteiger partial charge in [-0.05, 0) is 24.6 Å². The highest BCUT2D eigenvalue weighted by Gasteiger charge is 2.17. The monoisotopic (exact) mass is 276 g/mol. The van der Waals surface area contributed by atoms with Crippen LogP contribution in [0.15, 0.2) is 36.7 Å². The van der Waals surface area contributed by atoms with Crippen LogP contribution < -0.4 is 11.1 Å². The van der Waals surface area contributed by atoms with Gasteiger partial charge < -0.3 is 5.73 Å². The first kappa shape index (κ1) is 14.2. The number of nitrogens with two attached hydrogens (primary N) is 1. The maximum Gasteiger partial charge on any atom is 0.239 e. The molecule has 0 unspecified atom stereocenters. The molecule has 0 aliphatic rings. The number of hydrogen-bond acceptors (Lipinski definition) is 3. The van der Waals surface area contributed by atoms with Gasteiger partial charge in [-0.15, -0.1) is 0 Å². The van der Waals surface area contributed by atoms with Crippen LogP contribution in [0.2, 0.25) is 0 Å². The number of halogens is 1. The fourth-order valence-corrected chi connectivity index (χ4v) is 1.93. The van der Waals surface area contributed by atoms with Crippen molar-refractivity contribution < 1.29 is 9.18 Å². The fourth-order valence-electron chi connectivity index (χ4n) is 1.93. The Labute approximate surface area is 116 Å². The molecule has 3 N–H and O–H groups in total. The summed E-state index contributed by atoms with van der Waals surface area (Å²) in [5, 5.41) is 7.21. The highest BCUT2D eigenvalue weighted by Crippen LogP contribution is 2.14. The zero-order valence-corrected chi connectivity index (χ0v) is 11.2. The minimum absolute atomic E-state index is 0.346. The van der Waals surface area contributed by atoms with Crippen LogP contribution in [0.4, 0.5) is 4.39 Å². The van der Waals surface area contributed by atoms with Gasteiger partial charge in [-0.25, -0.2) is 4.39 Å². The highest BCUT2D eigenvalue weighted by atomic mass is 19.1. The maximum atomic E-state index is 12.9. The molecule has 2 rings (SSSR count). The smallest absolute Gasteiger partial charge is 0.239 e. The van der Waals surface area contributed by atoms with Crippen molar-refractivity contribution in [3.05, 3.63) is 53.6 Å². The number of nitrogens with one attached hydrogen (secondary N) is 1. The lowest BCUT2D eigenvalue weighted by molar-refractivity contribution is -0.120. The van der Waals surface area contributed by atoms with E-state index in [2.05, 4.69) is 10.4 Å². The Balaban J connectivity index is 2.06. The third kappa shape index (κ3) is 3.42. The van der Waals surface area contributed by atoms with Crippen molar-refractivity contribution in [3.8, 4) is 0 Å². The Bertz CT molecular complexity index is 579. The molecule has 0 fully saturated rings. The van der Waals surface area contributed by atoms with Crippen LogP contribution in [0.3, 0.4) is 0 Å². The van der Waals surface area contributed by atoms with Crippen molar-refractivity contribution in [1.29, 1.82) is 0 Å². The van der Waals surface area contributed by atoms with Crippen LogP contribution in [0.5, 0.6) is 0 Å². The summed E-state index contributed by atoms with van der Waals surface area (Å²) in [6.07, 6.45) is 3.63. The van der Waals surface area contributed by atoms with Gasteiger partial charge in [-0.2, -0.15) is 5.10 Å². The molecule has 0 saturated heterocycles. The van der Waals surface area contributed by atoms with Gasteiger partial charge in [0.2, 0.25) is 5.91 Å². The summed E-state index contributed by atoms with van der Waals surface area (Å²) in [7, 11) is 0. The standard InChI is InChI=1S/C14H17FN4O/c1-2-19-9-10(8-18-19)7-17-13(14(16)20)11-3-5-12(15)6-4-11/h3-6,8-9,13,17H,2,7H2,1H3,(H2,16,20)/t13-/m0/s1. The molecule has 106 valence electrons. The van der Waals surface area contributed by atoms with Crippen molar-refractivity contribution in [2.45, 2.75) is 26.1 Å². The normalized spacial score (nSPS) is 12.3. The van der Waals surface area contributed by atoms with Crippen LogP contribution in [0.25, 0.3) is 0 Å². The molecule has 1 aromatic heterocycles. The minimum atomic E-state index is -0.652. The number of hydrogen-bond donors (Lipinski definition) is 2. The number of aromatic nitrogens is 2. The Morgan fingerprint density at radius 2 is 2.15 bits per heavy atom. The van der Waals surface area contributed by atoms with E-state index < -0.39 is 11.9 Å². The quantitative estimate of drug-likeness (QED) is 0.836. The van der Waals surface area contributed by atoms with Crippen LogP contribution in [0, 0.1) is 5.82 Å². The van der Waals surface area contributed by atoms with Crippen LogP contribution in [-0.4, -0.2) is 15.7 Å². The van der Waals surface area contributed by atoms with Gasteiger partial charge in [-0.3, -0.25) is 14.8 Å². The summed E-state index contributed by atoms with van der Waals surface area (Å²) in [5.74, 6) is -0.847. The van der Waals surface area contributed by atoms with E-state index in [1.165, 1.54) is 12.1 Å². The molecule has 1 heterocycles. The second-order valence-electron chi connectivity index (χ2n) is 4.47. The van der Waals surface area contributed by atoms with Crippen molar-refractivity contribution in [2.24, 2.45) is 5.73 Å². The lowest BCUT2D eigenvalue weighted by Crippen LogP contribution is -2.33. The topological polar surface area (TPSA) is 72.9 Å². The summed E-state index contributed by atoms with van der Waals surface area (Å²) in [4.78, 5) is 11.5. The molecule has 1 aromatic carbocycles. The predicted octanol–water partition coefficient (Wildman–Crippen LogP) is 1.36. The van der Waals surface area contributed by atoms with Crippen LogP contribution >= 0.6 is 0 Å². The highest BCUT2D eigenvalue weighted by molar-refractivity contribution is 5.81. The average Bonchev–Trinajstić information content (AvgIpc) is 2.88. The third-order valence-electron chi connectivity index (χ3n) is 3.01. The van der Waals surface area contributed by atoms with Gasteiger partial charge in [0.25, 0.3) is 0 Å². The van der Waals surface area contributed by atoms with E-state index in [9.17, 15) is 9.18 Å². The third-order valence-corrected chi connectivity index (χ3v) is 3.01. The van der Waals surface area contributed by atoms with E-state index in [4.69, 9.17) is 5.73 Å². The first-order valence-corrected chi connectivity index (χ1v) is 6.39. The Kier molecular flexibility index (Phi) is 4.47. The van der Waals surface area contributed by atoms with Crippen LogP contribution in [0.1, 0.15) is 24.1 Å². The first-order valence-electron chi connectivity index (χ1n) is 6.39. The number of rotatable bonds is 6. The van der Waals surface area contributed by atoms with Gasteiger partial charge in [0.05, 0.1) is 6.20 Å². The Hall–Kier alpha value is -2.21. The molecule has 2 aromatic rings. The summed E-state index contributed by atoms with van der Waals surface area (Å²) in [6, 6.07) is 5.06. The largest absolute Gasteiger partial charge is 0.368 e. The number of carbonyl (C=O) groups is 1. The second-order valence-corrected chi connectivity index (χ2v) is 4.47. The number of primary amides is 1.